The molecule has 0 spiro atoms. The van der Waals surface area contributed by atoms with Crippen LogP contribution in [0.5, 0.6) is 11.5 Å². The van der Waals surface area contributed by atoms with Crippen molar-refractivity contribution in [3.8, 4) is 21.9 Å². The van der Waals surface area contributed by atoms with Gasteiger partial charge in [-0.1, -0.05) is 0 Å². The maximum absolute atomic E-state index is 12.4. The number of aromatic hydroxyl groups is 1. The average molecular weight is 513 g/mol. The number of benzene rings is 1. The summed E-state index contributed by atoms with van der Waals surface area (Å²) in [6.07, 6.45) is -4.79. The van der Waals surface area contributed by atoms with Crippen molar-refractivity contribution in [2.45, 2.75) is 13.3 Å². The van der Waals surface area contributed by atoms with E-state index in [2.05, 4.69) is 20.7 Å². The quantitative estimate of drug-likeness (QED) is 0.321. The van der Waals surface area contributed by atoms with Crippen molar-refractivity contribution < 1.29 is 32.6 Å². The zero-order valence-electron chi connectivity index (χ0n) is 18.1. The first-order chi connectivity index (χ1) is 15.9. The summed E-state index contributed by atoms with van der Waals surface area (Å²) in [6, 6.07) is 8.11. The van der Waals surface area contributed by atoms with E-state index in [1.807, 2.05) is 0 Å². The van der Waals surface area contributed by atoms with Crippen molar-refractivity contribution in [3.05, 3.63) is 57.1 Å². The van der Waals surface area contributed by atoms with Gasteiger partial charge < -0.3 is 9.84 Å². The summed E-state index contributed by atoms with van der Waals surface area (Å²) in [5.74, 6) is -1.36. The molecule has 0 saturated carbocycles. The largest absolute Gasteiger partial charge is 0.573 e. The predicted molar refractivity (Wildman–Crippen MR) is 123 cm³/mol. The molecule has 8 nitrogen and oxygen atoms in total. The first-order valence-electron chi connectivity index (χ1n) is 9.54. The molecule has 3 aromatic rings. The molecule has 0 bridgehead atoms. The third-order valence-electron chi connectivity index (χ3n) is 4.21. The summed E-state index contributed by atoms with van der Waals surface area (Å²) in [4.78, 5) is 25.4. The number of nitrogens with one attached hydrogen (secondary N) is 2. The highest BCUT2D eigenvalue weighted by molar-refractivity contribution is 7.16. The molecule has 180 valence electrons. The number of hydrazone groups is 1. The fraction of sp³-hybridized carbons (Fsp3) is 0.190. The van der Waals surface area contributed by atoms with Crippen LogP contribution in [0.4, 0.5) is 13.2 Å². The predicted octanol–water partition coefficient (Wildman–Crippen LogP) is 4.44. The van der Waals surface area contributed by atoms with E-state index in [1.54, 1.807) is 26.4 Å². The van der Waals surface area contributed by atoms with E-state index in [4.69, 9.17) is 0 Å². The molecule has 3 rings (SSSR count). The molecule has 0 unspecified atom stereocenters. The van der Waals surface area contributed by atoms with Crippen molar-refractivity contribution in [1.82, 2.24) is 15.9 Å². The zero-order valence-corrected chi connectivity index (χ0v) is 19.7. The summed E-state index contributed by atoms with van der Waals surface area (Å²) in [5.41, 5.74) is 6.12. The second-order valence-corrected chi connectivity index (χ2v) is 9.00. The fourth-order valence-electron chi connectivity index (χ4n) is 2.71. The van der Waals surface area contributed by atoms with Crippen molar-refractivity contribution in [2.24, 2.45) is 5.10 Å². The lowest BCUT2D eigenvalue weighted by Crippen LogP contribution is -2.35. The van der Waals surface area contributed by atoms with Gasteiger partial charge in [0.15, 0.2) is 0 Å². The average Bonchev–Trinajstić information content (AvgIpc) is 3.38. The first kappa shape index (κ1) is 25.2. The minimum Gasteiger partial charge on any atom is -0.506 e. The van der Waals surface area contributed by atoms with Gasteiger partial charge in [-0.05, 0) is 48.9 Å². The number of nitrogens with zero attached hydrogens (tertiary/aromatic N) is 2. The van der Waals surface area contributed by atoms with Crippen molar-refractivity contribution in [2.75, 3.05) is 14.1 Å². The lowest BCUT2D eigenvalue weighted by molar-refractivity contribution is -0.274. The number of amides is 2. The zero-order chi connectivity index (χ0) is 25.0. The van der Waals surface area contributed by atoms with Crippen LogP contribution < -0.4 is 15.6 Å². The molecule has 13 heteroatoms. The molecular weight excluding hydrogens is 493 g/mol. The third kappa shape index (κ3) is 6.34. The molecule has 3 N–H and O–H groups in total. The molecule has 34 heavy (non-hydrogen) atoms. The van der Waals surface area contributed by atoms with E-state index in [9.17, 15) is 27.9 Å². The van der Waals surface area contributed by atoms with Crippen molar-refractivity contribution in [3.63, 3.8) is 0 Å². The molecule has 0 aliphatic rings. The third-order valence-corrected chi connectivity index (χ3v) is 6.31. The van der Waals surface area contributed by atoms with Crippen LogP contribution in [0.1, 0.15) is 31.8 Å². The standard InChI is InChI=1S/C21H19F3N4O4S2/c1-11(25-26-19(30)15-8-9-16(34-15)20(31)27-28(2)3)14-10-33-18(17(14)29)12-4-6-13(7-5-12)32-21(22,23)24/h4-10,29H,1-3H3,(H,26,30)(H,27,31)/b25-11+. The maximum Gasteiger partial charge on any atom is 0.573 e. The summed E-state index contributed by atoms with van der Waals surface area (Å²) < 4.78 is 40.8. The van der Waals surface area contributed by atoms with E-state index in [0.29, 0.717) is 26.6 Å². The summed E-state index contributed by atoms with van der Waals surface area (Å²) in [6.45, 7) is 1.58. The maximum atomic E-state index is 12.4. The number of halogens is 3. The number of carbonyl (C=O) groups is 2. The van der Waals surface area contributed by atoms with Gasteiger partial charge in [0.25, 0.3) is 11.8 Å². The Labute approximate surface area is 200 Å². The Balaban J connectivity index is 1.69. The van der Waals surface area contributed by atoms with Gasteiger partial charge in [0.2, 0.25) is 0 Å². The minimum absolute atomic E-state index is 0.122. The Morgan fingerprint density at radius 2 is 1.68 bits per heavy atom. The van der Waals surface area contributed by atoms with E-state index in [0.717, 1.165) is 23.5 Å². The van der Waals surface area contributed by atoms with Crippen LogP contribution in [0, 0.1) is 0 Å². The highest BCUT2D eigenvalue weighted by Gasteiger charge is 2.31. The fourth-order valence-corrected chi connectivity index (χ4v) is 4.51. The van der Waals surface area contributed by atoms with Gasteiger partial charge in [0.05, 0.1) is 25.9 Å². The molecular formula is C21H19F3N4O4S2. The van der Waals surface area contributed by atoms with Gasteiger partial charge in [-0.15, -0.1) is 35.8 Å². The summed E-state index contributed by atoms with van der Waals surface area (Å²) in [7, 11) is 3.33. The number of ether oxygens (including phenoxy) is 1. The highest BCUT2D eigenvalue weighted by Crippen LogP contribution is 2.39. The van der Waals surface area contributed by atoms with Gasteiger partial charge in [-0.25, -0.2) is 10.4 Å². The van der Waals surface area contributed by atoms with E-state index in [1.165, 1.54) is 40.6 Å². The molecule has 1 aromatic carbocycles. The summed E-state index contributed by atoms with van der Waals surface area (Å²) in [5, 5.41) is 17.7. The molecule has 0 saturated heterocycles. The van der Waals surface area contributed by atoms with Gasteiger partial charge in [-0.2, -0.15) is 5.10 Å². The Kier molecular flexibility index (Phi) is 7.59. The molecule has 0 aliphatic heterocycles. The summed E-state index contributed by atoms with van der Waals surface area (Å²) >= 11 is 2.17. The molecule has 0 radical (unpaired) electrons. The van der Waals surface area contributed by atoms with Gasteiger partial charge in [0.1, 0.15) is 11.5 Å². The Morgan fingerprint density at radius 1 is 1.06 bits per heavy atom. The van der Waals surface area contributed by atoms with E-state index >= 15 is 0 Å². The van der Waals surface area contributed by atoms with Crippen molar-refractivity contribution >= 4 is 40.2 Å². The normalized spacial score (nSPS) is 12.0. The number of hydrogen-bond donors (Lipinski definition) is 3. The molecule has 2 amide bonds. The van der Waals surface area contributed by atoms with Gasteiger partial charge in [0, 0.05) is 19.5 Å². The SMILES string of the molecule is C/C(=N\NC(=O)c1ccc(C(=O)NN(C)C)s1)c1csc(-c2ccc(OC(F)(F)F)cc2)c1O. The molecule has 0 fully saturated rings. The highest BCUT2D eigenvalue weighted by atomic mass is 32.1. The lowest BCUT2D eigenvalue weighted by Gasteiger charge is -2.09. The minimum atomic E-state index is -4.79. The number of thiophene rings is 2. The number of rotatable bonds is 7. The van der Waals surface area contributed by atoms with Crippen LogP contribution in [-0.2, 0) is 0 Å². The smallest absolute Gasteiger partial charge is 0.506 e. The number of hydrazine groups is 1. The van der Waals surface area contributed by atoms with Crippen LogP contribution in [0.25, 0.3) is 10.4 Å². The van der Waals surface area contributed by atoms with Gasteiger partial charge >= 0.3 is 6.36 Å². The first-order valence-corrected chi connectivity index (χ1v) is 11.2. The van der Waals surface area contributed by atoms with E-state index < -0.39 is 12.3 Å². The number of hydrogen-bond acceptors (Lipinski definition) is 8. The Morgan fingerprint density at radius 3 is 2.26 bits per heavy atom. The molecule has 0 aliphatic carbocycles. The Bertz CT molecular complexity index is 1220. The second kappa shape index (κ2) is 10.2. The van der Waals surface area contributed by atoms with Crippen LogP contribution in [0.15, 0.2) is 46.9 Å². The van der Waals surface area contributed by atoms with E-state index in [-0.39, 0.29) is 22.3 Å². The van der Waals surface area contributed by atoms with Crippen LogP contribution in [0.3, 0.4) is 0 Å². The topological polar surface area (TPSA) is 103 Å². The van der Waals surface area contributed by atoms with Crippen molar-refractivity contribution in [1.29, 1.82) is 0 Å². The lowest BCUT2D eigenvalue weighted by atomic mass is 10.1. The molecule has 2 heterocycles. The van der Waals surface area contributed by atoms with Crippen LogP contribution in [-0.4, -0.2) is 48.1 Å². The second-order valence-electron chi connectivity index (χ2n) is 7.04. The monoisotopic (exact) mass is 512 g/mol. The van der Waals surface area contributed by atoms with Crippen LogP contribution in [0.2, 0.25) is 0 Å². The van der Waals surface area contributed by atoms with Crippen LogP contribution >= 0.6 is 22.7 Å². The van der Waals surface area contributed by atoms with Gasteiger partial charge in [-0.3, -0.25) is 15.0 Å². The number of carbonyl (C=O) groups excluding carboxylic acids is 2. The molecule has 0 atom stereocenters. The molecule has 2 aromatic heterocycles. The Hall–Kier alpha value is -3.42. The number of alkyl halides is 3.